The second-order valence-corrected chi connectivity index (χ2v) is 6.37. The van der Waals surface area contributed by atoms with Crippen LogP contribution in [0, 0.1) is 0 Å². The maximum atomic E-state index is 13.3. The van der Waals surface area contributed by atoms with Crippen molar-refractivity contribution in [1.29, 1.82) is 0 Å². The van der Waals surface area contributed by atoms with Crippen molar-refractivity contribution in [3.8, 4) is 0 Å². The molecule has 7 heteroatoms. The van der Waals surface area contributed by atoms with E-state index >= 15 is 0 Å². The van der Waals surface area contributed by atoms with Crippen molar-refractivity contribution in [1.82, 2.24) is 0 Å². The molecule has 23 heavy (non-hydrogen) atoms. The molecule has 1 atom stereocenters. The molecule has 1 unspecified atom stereocenters. The van der Waals surface area contributed by atoms with Crippen LogP contribution in [0.5, 0.6) is 0 Å². The molecule has 120 valence electrons. The molecule has 0 saturated heterocycles. The lowest BCUT2D eigenvalue weighted by Gasteiger charge is -2.10. The largest absolute Gasteiger partial charge is 0.477 e. The number of para-hydroxylation sites is 1. The molecular formula is C16H13F2NO3S. The molecule has 1 aliphatic carbocycles. The Labute approximate surface area is 134 Å². The summed E-state index contributed by atoms with van der Waals surface area (Å²) in [6.07, 6.45) is -0.203. The van der Waals surface area contributed by atoms with Gasteiger partial charge in [-0.3, -0.25) is 4.79 Å². The van der Waals surface area contributed by atoms with E-state index in [-0.39, 0.29) is 23.6 Å². The standard InChI is InChI=1S/C16H13F2NO3S/c17-16(18)7-11(16)10-3-1-2-4-12(10)19-14(20)6-9-5-13(15(21)22)23-8-9/h1-5,8,11H,6-7H2,(H,19,20)(H,21,22). The van der Waals surface area contributed by atoms with Crippen LogP contribution in [0.25, 0.3) is 0 Å². The monoisotopic (exact) mass is 337 g/mol. The number of carbonyl (C=O) groups excluding carboxylic acids is 1. The lowest BCUT2D eigenvalue weighted by Crippen LogP contribution is -2.15. The van der Waals surface area contributed by atoms with Crippen molar-refractivity contribution in [2.24, 2.45) is 0 Å². The van der Waals surface area contributed by atoms with E-state index in [0.717, 1.165) is 11.3 Å². The predicted octanol–water partition coefficient (Wildman–Crippen LogP) is 3.75. The number of carboxylic acid groups (broad SMARTS) is 1. The van der Waals surface area contributed by atoms with Gasteiger partial charge in [-0.2, -0.15) is 0 Å². The minimum absolute atomic E-state index is 0.000820. The molecule has 1 saturated carbocycles. The first-order valence-electron chi connectivity index (χ1n) is 6.94. The lowest BCUT2D eigenvalue weighted by molar-refractivity contribution is -0.115. The minimum atomic E-state index is -2.70. The molecule has 1 heterocycles. The number of hydrogen-bond donors (Lipinski definition) is 2. The highest BCUT2D eigenvalue weighted by atomic mass is 32.1. The number of amides is 1. The Morgan fingerprint density at radius 3 is 2.65 bits per heavy atom. The molecule has 1 aromatic carbocycles. The first kappa shape index (κ1) is 15.6. The first-order valence-corrected chi connectivity index (χ1v) is 7.82. The smallest absolute Gasteiger partial charge is 0.345 e. The van der Waals surface area contributed by atoms with Gasteiger partial charge in [0.25, 0.3) is 5.92 Å². The van der Waals surface area contributed by atoms with Crippen LogP contribution in [0.3, 0.4) is 0 Å². The summed E-state index contributed by atoms with van der Waals surface area (Å²) in [5.74, 6) is -4.96. The van der Waals surface area contributed by atoms with Gasteiger partial charge in [-0.25, -0.2) is 13.6 Å². The SMILES string of the molecule is O=C(Cc1csc(C(=O)O)c1)Nc1ccccc1C1CC1(F)F. The van der Waals surface area contributed by atoms with Crippen molar-refractivity contribution in [3.05, 3.63) is 51.7 Å². The summed E-state index contributed by atoms with van der Waals surface area (Å²) in [6.45, 7) is 0. The number of thiophene rings is 1. The normalized spacial score (nSPS) is 18.4. The van der Waals surface area contributed by atoms with Gasteiger partial charge in [-0.05, 0) is 28.6 Å². The fourth-order valence-electron chi connectivity index (χ4n) is 2.43. The quantitative estimate of drug-likeness (QED) is 0.873. The Bertz CT molecular complexity index is 772. The highest BCUT2D eigenvalue weighted by molar-refractivity contribution is 7.12. The molecule has 0 aliphatic heterocycles. The van der Waals surface area contributed by atoms with E-state index in [1.807, 2.05) is 0 Å². The van der Waals surface area contributed by atoms with Crippen molar-refractivity contribution in [3.63, 3.8) is 0 Å². The van der Waals surface area contributed by atoms with Gasteiger partial charge in [0.2, 0.25) is 5.91 Å². The van der Waals surface area contributed by atoms with E-state index in [1.165, 1.54) is 6.07 Å². The number of carboxylic acids is 1. The molecule has 0 radical (unpaired) electrons. The van der Waals surface area contributed by atoms with Gasteiger partial charge in [-0.1, -0.05) is 18.2 Å². The summed E-state index contributed by atoms with van der Waals surface area (Å²) in [5.41, 5.74) is 1.40. The molecule has 1 amide bonds. The van der Waals surface area contributed by atoms with Gasteiger partial charge >= 0.3 is 5.97 Å². The van der Waals surface area contributed by atoms with Gasteiger partial charge in [0.15, 0.2) is 0 Å². The van der Waals surface area contributed by atoms with E-state index in [0.29, 0.717) is 16.8 Å². The van der Waals surface area contributed by atoms with Crippen LogP contribution in [0.1, 0.15) is 33.1 Å². The minimum Gasteiger partial charge on any atom is -0.477 e. The zero-order chi connectivity index (χ0) is 16.6. The molecule has 3 rings (SSSR count). The van der Waals surface area contributed by atoms with Crippen LogP contribution in [0.2, 0.25) is 0 Å². The lowest BCUT2D eigenvalue weighted by atomic mass is 10.1. The molecular weight excluding hydrogens is 324 g/mol. The fourth-order valence-corrected chi connectivity index (χ4v) is 3.18. The van der Waals surface area contributed by atoms with Crippen LogP contribution in [0.15, 0.2) is 35.7 Å². The van der Waals surface area contributed by atoms with Crippen LogP contribution < -0.4 is 5.32 Å². The average molecular weight is 337 g/mol. The average Bonchev–Trinajstić information content (AvgIpc) is 2.90. The molecule has 2 aromatic rings. The third-order valence-corrected chi connectivity index (χ3v) is 4.63. The zero-order valence-electron chi connectivity index (χ0n) is 11.9. The Balaban J connectivity index is 1.69. The van der Waals surface area contributed by atoms with Crippen LogP contribution in [0.4, 0.5) is 14.5 Å². The Morgan fingerprint density at radius 1 is 1.35 bits per heavy atom. The number of alkyl halides is 2. The number of hydrogen-bond acceptors (Lipinski definition) is 3. The van der Waals surface area contributed by atoms with Gasteiger partial charge in [0.05, 0.1) is 12.3 Å². The fraction of sp³-hybridized carbons (Fsp3) is 0.250. The summed E-state index contributed by atoms with van der Waals surface area (Å²) in [5, 5.41) is 13.1. The third-order valence-electron chi connectivity index (χ3n) is 3.67. The molecule has 1 fully saturated rings. The number of aromatic carboxylic acids is 1. The second-order valence-electron chi connectivity index (χ2n) is 5.45. The number of carbonyl (C=O) groups is 2. The number of anilines is 1. The summed E-state index contributed by atoms with van der Waals surface area (Å²) in [6, 6.07) is 7.96. The third kappa shape index (κ3) is 3.39. The highest BCUT2D eigenvalue weighted by Gasteiger charge is 2.58. The van der Waals surface area contributed by atoms with Gasteiger partial charge in [0, 0.05) is 12.1 Å². The van der Waals surface area contributed by atoms with Crippen molar-refractivity contribution >= 4 is 28.9 Å². The Kier molecular flexibility index (Phi) is 3.89. The molecule has 1 aromatic heterocycles. The van der Waals surface area contributed by atoms with Gasteiger partial charge in [0.1, 0.15) is 4.88 Å². The van der Waals surface area contributed by atoms with E-state index in [1.54, 1.807) is 29.6 Å². The molecule has 1 aliphatic rings. The van der Waals surface area contributed by atoms with Crippen LogP contribution >= 0.6 is 11.3 Å². The molecule has 2 N–H and O–H groups in total. The summed E-state index contributed by atoms with van der Waals surface area (Å²) in [4.78, 5) is 23.1. The summed E-state index contributed by atoms with van der Waals surface area (Å²) >= 11 is 1.05. The van der Waals surface area contributed by atoms with Gasteiger partial charge < -0.3 is 10.4 Å². The molecule has 4 nitrogen and oxygen atoms in total. The molecule has 0 spiro atoms. The number of benzene rings is 1. The van der Waals surface area contributed by atoms with Crippen molar-refractivity contribution in [2.75, 3.05) is 5.32 Å². The summed E-state index contributed by atoms with van der Waals surface area (Å²) < 4.78 is 26.5. The predicted molar refractivity (Wildman–Crippen MR) is 82.4 cm³/mol. The Morgan fingerprint density at radius 2 is 2.04 bits per heavy atom. The summed E-state index contributed by atoms with van der Waals surface area (Å²) in [7, 11) is 0. The number of nitrogens with one attached hydrogen (secondary N) is 1. The maximum absolute atomic E-state index is 13.3. The van der Waals surface area contributed by atoms with Crippen LogP contribution in [-0.4, -0.2) is 22.9 Å². The highest BCUT2D eigenvalue weighted by Crippen LogP contribution is 2.57. The van der Waals surface area contributed by atoms with E-state index in [4.69, 9.17) is 5.11 Å². The van der Waals surface area contributed by atoms with Gasteiger partial charge in [-0.15, -0.1) is 11.3 Å². The number of rotatable bonds is 5. The van der Waals surface area contributed by atoms with E-state index < -0.39 is 17.8 Å². The van der Waals surface area contributed by atoms with E-state index in [2.05, 4.69) is 5.32 Å². The maximum Gasteiger partial charge on any atom is 0.345 e. The van der Waals surface area contributed by atoms with E-state index in [9.17, 15) is 18.4 Å². The number of halogens is 2. The van der Waals surface area contributed by atoms with Crippen molar-refractivity contribution < 1.29 is 23.5 Å². The van der Waals surface area contributed by atoms with Crippen LogP contribution in [-0.2, 0) is 11.2 Å². The topological polar surface area (TPSA) is 66.4 Å². The Hall–Kier alpha value is -2.28. The van der Waals surface area contributed by atoms with Crippen molar-refractivity contribution in [2.45, 2.75) is 24.7 Å². The first-order chi connectivity index (χ1) is 10.9. The molecule has 0 bridgehead atoms. The second kappa shape index (κ2) is 5.73. The zero-order valence-corrected chi connectivity index (χ0v) is 12.7.